The molecule has 1 aromatic carbocycles. The Hall–Kier alpha value is -0.890. The van der Waals surface area contributed by atoms with Crippen molar-refractivity contribution in [1.82, 2.24) is 4.90 Å². The summed E-state index contributed by atoms with van der Waals surface area (Å²) in [5.41, 5.74) is 1.05. The molecule has 2 atom stereocenters. The molecule has 0 radical (unpaired) electrons. The molecule has 17 heavy (non-hydrogen) atoms. The van der Waals surface area contributed by atoms with Crippen LogP contribution in [0.4, 0.5) is 0 Å². The molecule has 0 saturated carbocycles. The highest BCUT2D eigenvalue weighted by molar-refractivity contribution is 9.10. The summed E-state index contributed by atoms with van der Waals surface area (Å²) in [7, 11) is 0. The van der Waals surface area contributed by atoms with Crippen molar-refractivity contribution in [2.24, 2.45) is 0 Å². The lowest BCUT2D eigenvalue weighted by atomic mass is 10.1. The van der Waals surface area contributed by atoms with E-state index in [1.807, 2.05) is 31.2 Å². The molecule has 0 unspecified atom stereocenters. The van der Waals surface area contributed by atoms with Crippen LogP contribution < -0.4 is 0 Å². The molecule has 0 spiro atoms. The van der Waals surface area contributed by atoms with Crippen LogP contribution in [0.3, 0.4) is 0 Å². The van der Waals surface area contributed by atoms with E-state index in [0.717, 1.165) is 23.1 Å². The Labute approximate surface area is 110 Å². The van der Waals surface area contributed by atoms with Gasteiger partial charge in [0.05, 0.1) is 18.8 Å². The minimum Gasteiger partial charge on any atom is -0.376 e. The third-order valence-electron chi connectivity index (χ3n) is 2.95. The summed E-state index contributed by atoms with van der Waals surface area (Å²) in [4.78, 5) is 2.18. The highest BCUT2D eigenvalue weighted by Crippen LogP contribution is 2.23. The number of hydrogen-bond acceptors (Lipinski definition) is 3. The van der Waals surface area contributed by atoms with E-state index in [-0.39, 0.29) is 12.1 Å². The van der Waals surface area contributed by atoms with E-state index < -0.39 is 0 Å². The number of rotatable bonds is 2. The predicted molar refractivity (Wildman–Crippen MR) is 69.5 cm³/mol. The molecular weight excluding hydrogens is 280 g/mol. The van der Waals surface area contributed by atoms with Gasteiger partial charge < -0.3 is 4.74 Å². The number of morpholine rings is 1. The van der Waals surface area contributed by atoms with Gasteiger partial charge in [-0.25, -0.2) is 0 Å². The van der Waals surface area contributed by atoms with Crippen molar-refractivity contribution in [3.63, 3.8) is 0 Å². The summed E-state index contributed by atoms with van der Waals surface area (Å²) in [5.74, 6) is 0. The maximum absolute atomic E-state index is 9.34. The Balaban J connectivity index is 2.16. The normalized spacial score (nSPS) is 23.0. The predicted octanol–water partition coefficient (Wildman–Crippen LogP) is 2.73. The van der Waals surface area contributed by atoms with Gasteiger partial charge in [0.25, 0.3) is 0 Å². The first-order valence-electron chi connectivity index (χ1n) is 5.71. The minimum absolute atomic E-state index is 0.172. The third kappa shape index (κ3) is 3.06. The van der Waals surface area contributed by atoms with Crippen molar-refractivity contribution in [2.75, 3.05) is 19.7 Å². The van der Waals surface area contributed by atoms with E-state index in [1.54, 1.807) is 0 Å². The van der Waals surface area contributed by atoms with Gasteiger partial charge >= 0.3 is 0 Å². The van der Waals surface area contributed by atoms with Crippen LogP contribution in [0.25, 0.3) is 0 Å². The summed E-state index contributed by atoms with van der Waals surface area (Å²) in [6, 6.07) is 10.2. The molecule has 1 fully saturated rings. The first-order valence-corrected chi connectivity index (χ1v) is 6.50. The third-order valence-corrected chi connectivity index (χ3v) is 3.47. The average molecular weight is 295 g/mol. The molecule has 4 heteroatoms. The van der Waals surface area contributed by atoms with E-state index in [4.69, 9.17) is 4.74 Å². The summed E-state index contributed by atoms with van der Waals surface area (Å²) >= 11 is 3.41. The second kappa shape index (κ2) is 5.63. The van der Waals surface area contributed by atoms with Gasteiger partial charge in [-0.1, -0.05) is 28.1 Å². The van der Waals surface area contributed by atoms with E-state index in [9.17, 15) is 5.26 Å². The minimum atomic E-state index is -0.172. The van der Waals surface area contributed by atoms with Gasteiger partial charge in [-0.15, -0.1) is 0 Å². The van der Waals surface area contributed by atoms with Crippen molar-refractivity contribution in [3.8, 4) is 6.07 Å². The summed E-state index contributed by atoms with van der Waals surface area (Å²) in [6.07, 6.45) is 0.204. The van der Waals surface area contributed by atoms with Crippen molar-refractivity contribution in [1.29, 1.82) is 5.26 Å². The molecule has 1 heterocycles. The Morgan fingerprint density at radius 3 is 2.76 bits per heavy atom. The first kappa shape index (κ1) is 12.6. The quantitative estimate of drug-likeness (QED) is 0.841. The van der Waals surface area contributed by atoms with Crippen LogP contribution in [0.15, 0.2) is 28.7 Å². The second-order valence-corrected chi connectivity index (χ2v) is 5.18. The lowest BCUT2D eigenvalue weighted by Gasteiger charge is -2.34. The standard InChI is InChI=1S/C13H15BrN2O/c1-10-9-16(6-7-17-10)13(8-15)11-2-4-12(14)5-3-11/h2-5,10,13H,6-7,9H2,1H3/t10-,13+/m0/s1. The number of nitriles is 1. The Morgan fingerprint density at radius 1 is 1.47 bits per heavy atom. The average Bonchev–Trinajstić information content (AvgIpc) is 2.33. The van der Waals surface area contributed by atoms with E-state index in [2.05, 4.69) is 26.9 Å². The van der Waals surface area contributed by atoms with E-state index >= 15 is 0 Å². The highest BCUT2D eigenvalue weighted by atomic mass is 79.9. The molecule has 0 aliphatic carbocycles. The van der Waals surface area contributed by atoms with Crippen LogP contribution in [0, 0.1) is 11.3 Å². The van der Waals surface area contributed by atoms with Crippen LogP contribution in [0.5, 0.6) is 0 Å². The maximum atomic E-state index is 9.34. The molecule has 0 amide bonds. The first-order chi connectivity index (χ1) is 8.20. The van der Waals surface area contributed by atoms with Gasteiger partial charge in [0.2, 0.25) is 0 Å². The molecule has 1 aliphatic rings. The van der Waals surface area contributed by atoms with Crippen molar-refractivity contribution in [3.05, 3.63) is 34.3 Å². The van der Waals surface area contributed by atoms with Crippen molar-refractivity contribution >= 4 is 15.9 Å². The molecule has 1 aromatic rings. The van der Waals surface area contributed by atoms with Gasteiger partial charge in [0.1, 0.15) is 6.04 Å². The zero-order chi connectivity index (χ0) is 12.3. The molecule has 90 valence electrons. The molecule has 3 nitrogen and oxygen atoms in total. The van der Waals surface area contributed by atoms with Gasteiger partial charge in [-0.05, 0) is 24.6 Å². The van der Waals surface area contributed by atoms with Crippen LogP contribution in [-0.2, 0) is 4.74 Å². The maximum Gasteiger partial charge on any atom is 0.124 e. The van der Waals surface area contributed by atoms with Crippen LogP contribution in [0.1, 0.15) is 18.5 Å². The molecule has 0 N–H and O–H groups in total. The summed E-state index contributed by atoms with van der Waals surface area (Å²) in [5, 5.41) is 9.34. The molecule has 0 aromatic heterocycles. The Morgan fingerprint density at radius 2 is 2.18 bits per heavy atom. The molecule has 0 bridgehead atoms. The smallest absolute Gasteiger partial charge is 0.124 e. The molecule has 1 saturated heterocycles. The molecule has 1 aliphatic heterocycles. The SMILES string of the molecule is C[C@H]1CN([C@H](C#N)c2ccc(Br)cc2)CCO1. The number of benzene rings is 1. The lowest BCUT2D eigenvalue weighted by Crippen LogP contribution is -2.42. The van der Waals surface area contributed by atoms with Crippen LogP contribution >= 0.6 is 15.9 Å². The fraction of sp³-hybridized carbons (Fsp3) is 0.462. The van der Waals surface area contributed by atoms with E-state index in [1.165, 1.54) is 0 Å². The Kier molecular flexibility index (Phi) is 4.16. The van der Waals surface area contributed by atoms with Gasteiger partial charge in [-0.3, -0.25) is 4.90 Å². The largest absolute Gasteiger partial charge is 0.376 e. The zero-order valence-electron chi connectivity index (χ0n) is 9.77. The fourth-order valence-corrected chi connectivity index (χ4v) is 2.36. The van der Waals surface area contributed by atoms with Crippen molar-refractivity contribution < 1.29 is 4.74 Å². The number of halogens is 1. The second-order valence-electron chi connectivity index (χ2n) is 4.26. The lowest BCUT2D eigenvalue weighted by molar-refractivity contribution is -0.0269. The Bertz CT molecular complexity index is 412. The zero-order valence-corrected chi connectivity index (χ0v) is 11.4. The van der Waals surface area contributed by atoms with Gasteiger partial charge in [-0.2, -0.15) is 5.26 Å². The van der Waals surface area contributed by atoms with Gasteiger partial charge in [0.15, 0.2) is 0 Å². The number of ether oxygens (including phenoxy) is 1. The van der Waals surface area contributed by atoms with Crippen LogP contribution in [-0.4, -0.2) is 30.7 Å². The fourth-order valence-electron chi connectivity index (χ4n) is 2.09. The topological polar surface area (TPSA) is 36.3 Å². The summed E-state index contributed by atoms with van der Waals surface area (Å²) in [6.45, 7) is 4.38. The monoisotopic (exact) mass is 294 g/mol. The molecular formula is C13H15BrN2O. The van der Waals surface area contributed by atoms with Gasteiger partial charge in [0, 0.05) is 17.6 Å². The summed E-state index contributed by atoms with van der Waals surface area (Å²) < 4.78 is 6.53. The van der Waals surface area contributed by atoms with Crippen LogP contribution in [0.2, 0.25) is 0 Å². The van der Waals surface area contributed by atoms with Crippen molar-refractivity contribution in [2.45, 2.75) is 19.1 Å². The molecule has 2 rings (SSSR count). The van der Waals surface area contributed by atoms with E-state index in [0.29, 0.717) is 6.61 Å². The highest BCUT2D eigenvalue weighted by Gasteiger charge is 2.25. The number of nitrogens with zero attached hydrogens (tertiary/aromatic N) is 2. The number of hydrogen-bond donors (Lipinski definition) is 0.